The minimum absolute atomic E-state index is 0.0221. The van der Waals surface area contributed by atoms with Gasteiger partial charge in [0, 0.05) is 39.4 Å². The number of benzene rings is 1. The standard InChI is InChI=1S/C14H19N3O4/c1-20-8-6-16(7-9-21-2)14(11-15)12-4-3-5-13(10-12)17(18)19/h3-5,10,14H,6-9H2,1-2H3. The largest absolute Gasteiger partial charge is 0.383 e. The molecule has 0 radical (unpaired) electrons. The van der Waals surface area contributed by atoms with Gasteiger partial charge in [-0.2, -0.15) is 5.26 Å². The number of hydrogen-bond donors (Lipinski definition) is 0. The van der Waals surface area contributed by atoms with Crippen LogP contribution in [0.5, 0.6) is 0 Å². The van der Waals surface area contributed by atoms with E-state index < -0.39 is 11.0 Å². The minimum atomic E-state index is -0.574. The molecule has 0 saturated heterocycles. The third kappa shape index (κ3) is 5.11. The maximum Gasteiger partial charge on any atom is 0.269 e. The van der Waals surface area contributed by atoms with E-state index in [2.05, 4.69) is 6.07 Å². The van der Waals surface area contributed by atoms with E-state index in [1.165, 1.54) is 12.1 Å². The van der Waals surface area contributed by atoms with Gasteiger partial charge in [0.05, 0.1) is 24.2 Å². The molecule has 0 N–H and O–H groups in total. The van der Waals surface area contributed by atoms with Crippen LogP contribution in [-0.4, -0.2) is 50.3 Å². The maximum atomic E-state index is 10.8. The van der Waals surface area contributed by atoms with Gasteiger partial charge in [0.2, 0.25) is 0 Å². The first-order valence-electron chi connectivity index (χ1n) is 6.50. The summed E-state index contributed by atoms with van der Waals surface area (Å²) in [4.78, 5) is 12.3. The number of hydrogen-bond acceptors (Lipinski definition) is 6. The van der Waals surface area contributed by atoms with Crippen LogP contribution in [0.15, 0.2) is 24.3 Å². The van der Waals surface area contributed by atoms with E-state index in [0.717, 1.165) is 0 Å². The predicted molar refractivity (Wildman–Crippen MR) is 76.8 cm³/mol. The number of nitro benzene ring substituents is 1. The molecule has 1 aromatic carbocycles. The van der Waals surface area contributed by atoms with Crippen LogP contribution in [0.2, 0.25) is 0 Å². The van der Waals surface area contributed by atoms with Gasteiger partial charge in [0.15, 0.2) is 0 Å². The van der Waals surface area contributed by atoms with E-state index in [9.17, 15) is 15.4 Å². The van der Waals surface area contributed by atoms with Crippen LogP contribution < -0.4 is 0 Å². The first-order chi connectivity index (χ1) is 10.1. The molecule has 1 rings (SSSR count). The fourth-order valence-corrected chi connectivity index (χ4v) is 1.96. The van der Waals surface area contributed by atoms with Crippen LogP contribution in [0.25, 0.3) is 0 Å². The second kappa shape index (κ2) is 9.02. The van der Waals surface area contributed by atoms with E-state index >= 15 is 0 Å². The third-order valence-electron chi connectivity index (χ3n) is 3.05. The molecular formula is C14H19N3O4. The Morgan fingerprint density at radius 3 is 2.43 bits per heavy atom. The lowest BCUT2D eigenvalue weighted by Crippen LogP contribution is -2.34. The average molecular weight is 293 g/mol. The van der Waals surface area contributed by atoms with Gasteiger partial charge in [0.1, 0.15) is 6.04 Å². The highest BCUT2D eigenvalue weighted by atomic mass is 16.6. The van der Waals surface area contributed by atoms with Gasteiger partial charge in [-0.1, -0.05) is 12.1 Å². The van der Waals surface area contributed by atoms with Gasteiger partial charge in [-0.3, -0.25) is 15.0 Å². The lowest BCUT2D eigenvalue weighted by Gasteiger charge is -2.26. The molecule has 0 heterocycles. The van der Waals surface area contributed by atoms with Crippen molar-refractivity contribution < 1.29 is 14.4 Å². The molecule has 0 aliphatic carbocycles. The highest BCUT2D eigenvalue weighted by Crippen LogP contribution is 2.23. The molecule has 0 amide bonds. The van der Waals surface area contributed by atoms with Crippen molar-refractivity contribution in [1.82, 2.24) is 4.90 Å². The first kappa shape index (κ1) is 17.0. The van der Waals surface area contributed by atoms with Gasteiger partial charge in [-0.25, -0.2) is 0 Å². The van der Waals surface area contributed by atoms with Crippen LogP contribution in [-0.2, 0) is 9.47 Å². The highest BCUT2D eigenvalue weighted by Gasteiger charge is 2.21. The molecule has 1 unspecified atom stereocenters. The van der Waals surface area contributed by atoms with E-state index in [-0.39, 0.29) is 5.69 Å². The second-order valence-corrected chi connectivity index (χ2v) is 4.41. The fourth-order valence-electron chi connectivity index (χ4n) is 1.96. The van der Waals surface area contributed by atoms with Crippen molar-refractivity contribution in [2.75, 3.05) is 40.5 Å². The van der Waals surface area contributed by atoms with Gasteiger partial charge in [-0.05, 0) is 5.56 Å². The molecule has 0 aliphatic heterocycles. The van der Waals surface area contributed by atoms with Crippen molar-refractivity contribution in [3.8, 4) is 6.07 Å². The van der Waals surface area contributed by atoms with Crippen LogP contribution in [0.3, 0.4) is 0 Å². The van der Waals surface area contributed by atoms with Gasteiger partial charge in [-0.15, -0.1) is 0 Å². The number of rotatable bonds is 9. The Kier molecular flexibility index (Phi) is 7.32. The Morgan fingerprint density at radius 2 is 1.95 bits per heavy atom. The smallest absolute Gasteiger partial charge is 0.269 e. The molecule has 7 nitrogen and oxygen atoms in total. The number of non-ortho nitro benzene ring substituents is 1. The zero-order chi connectivity index (χ0) is 15.7. The monoisotopic (exact) mass is 293 g/mol. The summed E-state index contributed by atoms with van der Waals surface area (Å²) < 4.78 is 10.1. The Bertz CT molecular complexity index is 493. The fraction of sp³-hybridized carbons (Fsp3) is 0.500. The molecule has 0 spiro atoms. The van der Waals surface area contributed by atoms with Crippen molar-refractivity contribution in [1.29, 1.82) is 5.26 Å². The summed E-state index contributed by atoms with van der Waals surface area (Å²) in [6.07, 6.45) is 0. The Balaban J connectivity index is 2.98. The summed E-state index contributed by atoms with van der Waals surface area (Å²) in [5.41, 5.74) is 0.574. The Morgan fingerprint density at radius 1 is 1.33 bits per heavy atom. The van der Waals surface area contributed by atoms with Crippen LogP contribution in [0, 0.1) is 21.4 Å². The van der Waals surface area contributed by atoms with E-state index in [1.807, 2.05) is 4.90 Å². The third-order valence-corrected chi connectivity index (χ3v) is 3.05. The number of nitriles is 1. The van der Waals surface area contributed by atoms with E-state index in [4.69, 9.17) is 9.47 Å². The minimum Gasteiger partial charge on any atom is -0.383 e. The SMILES string of the molecule is COCCN(CCOC)C(C#N)c1cccc([N+](=O)[O-])c1. The molecule has 0 saturated carbocycles. The van der Waals surface area contributed by atoms with Gasteiger partial charge in [0.25, 0.3) is 5.69 Å². The number of methoxy groups -OCH3 is 2. The molecule has 0 aliphatic rings. The summed E-state index contributed by atoms with van der Waals surface area (Å²) in [7, 11) is 3.17. The number of nitro groups is 1. The van der Waals surface area contributed by atoms with Crippen molar-refractivity contribution in [2.45, 2.75) is 6.04 Å². The van der Waals surface area contributed by atoms with Crippen molar-refractivity contribution in [3.63, 3.8) is 0 Å². The Hall–Kier alpha value is -2.01. The summed E-state index contributed by atoms with van der Waals surface area (Å²) in [5, 5.41) is 20.3. The number of nitrogens with zero attached hydrogens (tertiary/aromatic N) is 3. The maximum absolute atomic E-state index is 10.8. The summed E-state index contributed by atoms with van der Waals surface area (Å²) in [6.45, 7) is 2.02. The van der Waals surface area contributed by atoms with Crippen molar-refractivity contribution >= 4 is 5.69 Å². The quantitative estimate of drug-likeness (QED) is 0.509. The van der Waals surface area contributed by atoms with E-state index in [0.29, 0.717) is 31.9 Å². The lowest BCUT2D eigenvalue weighted by atomic mass is 10.1. The van der Waals surface area contributed by atoms with Crippen LogP contribution >= 0.6 is 0 Å². The van der Waals surface area contributed by atoms with Gasteiger partial charge < -0.3 is 9.47 Å². The predicted octanol–water partition coefficient (Wildman–Crippen LogP) is 1.75. The normalized spacial score (nSPS) is 12.1. The molecule has 1 atom stereocenters. The molecule has 7 heteroatoms. The van der Waals surface area contributed by atoms with Crippen LogP contribution in [0.1, 0.15) is 11.6 Å². The molecule has 0 aromatic heterocycles. The molecule has 0 bridgehead atoms. The second-order valence-electron chi connectivity index (χ2n) is 4.41. The molecule has 0 fully saturated rings. The zero-order valence-corrected chi connectivity index (χ0v) is 12.2. The zero-order valence-electron chi connectivity index (χ0n) is 12.2. The summed E-state index contributed by atoms with van der Waals surface area (Å²) in [6, 6.07) is 7.76. The molecule has 114 valence electrons. The lowest BCUT2D eigenvalue weighted by molar-refractivity contribution is -0.384. The molecule has 21 heavy (non-hydrogen) atoms. The Labute approximate surface area is 123 Å². The molecular weight excluding hydrogens is 274 g/mol. The van der Waals surface area contributed by atoms with Gasteiger partial charge >= 0.3 is 0 Å². The van der Waals surface area contributed by atoms with Crippen molar-refractivity contribution in [3.05, 3.63) is 39.9 Å². The number of ether oxygens (including phenoxy) is 2. The summed E-state index contributed by atoms with van der Waals surface area (Å²) in [5.74, 6) is 0. The van der Waals surface area contributed by atoms with E-state index in [1.54, 1.807) is 26.4 Å². The average Bonchev–Trinajstić information content (AvgIpc) is 2.50. The molecule has 1 aromatic rings. The first-order valence-corrected chi connectivity index (χ1v) is 6.50. The topological polar surface area (TPSA) is 88.6 Å². The van der Waals surface area contributed by atoms with Crippen LogP contribution in [0.4, 0.5) is 5.69 Å². The van der Waals surface area contributed by atoms with Crippen molar-refractivity contribution in [2.24, 2.45) is 0 Å². The highest BCUT2D eigenvalue weighted by molar-refractivity contribution is 5.37. The summed E-state index contributed by atoms with van der Waals surface area (Å²) >= 11 is 0.